The van der Waals surface area contributed by atoms with Crippen LogP contribution in [0.5, 0.6) is 0 Å². The normalized spacial score (nSPS) is 10.9. The van der Waals surface area contributed by atoms with Gasteiger partial charge in [-0.1, -0.05) is 90.5 Å². The van der Waals surface area contributed by atoms with E-state index < -0.39 is 11.8 Å². The summed E-state index contributed by atoms with van der Waals surface area (Å²) < 4.78 is 5.92. The van der Waals surface area contributed by atoms with Gasteiger partial charge in [-0.05, 0) is 42.3 Å². The first-order chi connectivity index (χ1) is 17.1. The lowest BCUT2D eigenvalue weighted by Crippen LogP contribution is -2.23. The second-order valence-electron chi connectivity index (χ2n) is 8.37. The molecule has 1 aromatic heterocycles. The number of furan rings is 1. The minimum atomic E-state index is -0.556. The minimum Gasteiger partial charge on any atom is -0.449 e. The first-order valence-corrected chi connectivity index (χ1v) is 11.4. The van der Waals surface area contributed by atoms with Crippen molar-refractivity contribution in [3.8, 4) is 0 Å². The molecule has 2 amide bonds. The predicted molar refractivity (Wildman–Crippen MR) is 139 cm³/mol. The molecule has 0 spiro atoms. The highest BCUT2D eigenvalue weighted by atomic mass is 16.3. The van der Waals surface area contributed by atoms with Crippen LogP contribution >= 0.6 is 0 Å². The van der Waals surface area contributed by atoms with Crippen molar-refractivity contribution in [2.75, 3.05) is 10.6 Å². The van der Waals surface area contributed by atoms with Crippen LogP contribution in [-0.4, -0.2) is 11.8 Å². The Bertz CT molecular complexity index is 1430. The number of carbonyl (C=O) groups excluding carboxylic acids is 2. The van der Waals surface area contributed by atoms with Gasteiger partial charge in [-0.3, -0.25) is 9.59 Å². The standard InChI is InChI=1S/C30H24N2O3/c1-20-16-18-23(19-17-20)31-30(34)28-27(24-14-8-9-15-25(24)35-28)32-29(33)26(21-10-4-2-5-11-21)22-12-6-3-7-13-22/h2-19,26H,1H3,(H,31,34)(H,32,33). The molecule has 0 aliphatic carbocycles. The average Bonchev–Trinajstić information content (AvgIpc) is 3.25. The van der Waals surface area contributed by atoms with Crippen LogP contribution in [0.15, 0.2) is 114 Å². The van der Waals surface area contributed by atoms with E-state index in [-0.39, 0.29) is 11.7 Å². The third-order valence-corrected chi connectivity index (χ3v) is 5.89. The van der Waals surface area contributed by atoms with Crippen molar-refractivity contribution in [2.24, 2.45) is 0 Å². The SMILES string of the molecule is Cc1ccc(NC(=O)c2oc3ccccc3c2NC(=O)C(c2ccccc2)c2ccccc2)cc1. The van der Waals surface area contributed by atoms with Crippen molar-refractivity contribution in [1.29, 1.82) is 0 Å². The molecule has 4 aromatic carbocycles. The summed E-state index contributed by atoms with van der Waals surface area (Å²) in [5.41, 5.74) is 4.32. The summed E-state index contributed by atoms with van der Waals surface area (Å²) in [4.78, 5) is 27.0. The molecule has 0 aliphatic rings. The molecular formula is C30H24N2O3. The van der Waals surface area contributed by atoms with Gasteiger partial charge in [0.25, 0.3) is 5.91 Å². The van der Waals surface area contributed by atoms with Gasteiger partial charge in [0.05, 0.1) is 5.92 Å². The van der Waals surface area contributed by atoms with Gasteiger partial charge >= 0.3 is 0 Å². The Morgan fingerprint density at radius 3 is 1.89 bits per heavy atom. The molecule has 1 heterocycles. The molecule has 0 unspecified atom stereocenters. The summed E-state index contributed by atoms with van der Waals surface area (Å²) in [6.07, 6.45) is 0. The minimum absolute atomic E-state index is 0.0556. The average molecular weight is 461 g/mol. The third-order valence-electron chi connectivity index (χ3n) is 5.89. The summed E-state index contributed by atoms with van der Waals surface area (Å²) in [5.74, 6) is -1.19. The van der Waals surface area contributed by atoms with Gasteiger partial charge < -0.3 is 15.1 Å². The number of aryl methyl sites for hydroxylation is 1. The molecule has 0 saturated carbocycles. The van der Waals surface area contributed by atoms with E-state index in [1.54, 1.807) is 6.07 Å². The van der Waals surface area contributed by atoms with Crippen LogP contribution in [0.1, 0.15) is 33.2 Å². The highest BCUT2D eigenvalue weighted by Crippen LogP contribution is 2.34. The lowest BCUT2D eigenvalue weighted by molar-refractivity contribution is -0.116. The molecule has 5 rings (SSSR count). The second kappa shape index (κ2) is 9.69. The van der Waals surface area contributed by atoms with Gasteiger partial charge in [-0.2, -0.15) is 0 Å². The number of para-hydroxylation sites is 1. The first-order valence-electron chi connectivity index (χ1n) is 11.4. The summed E-state index contributed by atoms with van der Waals surface area (Å²) in [7, 11) is 0. The van der Waals surface area contributed by atoms with Crippen molar-refractivity contribution in [1.82, 2.24) is 0 Å². The summed E-state index contributed by atoms with van der Waals surface area (Å²) >= 11 is 0. The van der Waals surface area contributed by atoms with Crippen molar-refractivity contribution < 1.29 is 14.0 Å². The van der Waals surface area contributed by atoms with Crippen molar-refractivity contribution in [3.63, 3.8) is 0 Å². The fourth-order valence-corrected chi connectivity index (χ4v) is 4.14. The molecule has 172 valence electrons. The molecule has 2 N–H and O–H groups in total. The van der Waals surface area contributed by atoms with Gasteiger partial charge in [0.2, 0.25) is 11.7 Å². The fraction of sp³-hybridized carbons (Fsp3) is 0.0667. The molecule has 0 atom stereocenters. The number of rotatable bonds is 6. The quantitative estimate of drug-likeness (QED) is 0.294. The highest BCUT2D eigenvalue weighted by Gasteiger charge is 2.27. The summed E-state index contributed by atoms with van der Waals surface area (Å²) in [6, 6.07) is 34.0. The maximum Gasteiger partial charge on any atom is 0.293 e. The molecular weight excluding hydrogens is 436 g/mol. The molecule has 5 aromatic rings. The van der Waals surface area contributed by atoms with Crippen molar-refractivity contribution >= 4 is 34.2 Å². The molecule has 5 heteroatoms. The van der Waals surface area contributed by atoms with E-state index in [4.69, 9.17) is 4.42 Å². The van der Waals surface area contributed by atoms with Crippen molar-refractivity contribution in [3.05, 3.63) is 132 Å². The van der Waals surface area contributed by atoms with Gasteiger partial charge in [0.15, 0.2) is 0 Å². The van der Waals surface area contributed by atoms with Crippen molar-refractivity contribution in [2.45, 2.75) is 12.8 Å². The molecule has 5 nitrogen and oxygen atoms in total. The smallest absolute Gasteiger partial charge is 0.293 e. The second-order valence-corrected chi connectivity index (χ2v) is 8.37. The number of amides is 2. The maximum absolute atomic E-state index is 13.7. The van der Waals surface area contributed by atoms with E-state index >= 15 is 0 Å². The number of anilines is 2. The summed E-state index contributed by atoms with van der Waals surface area (Å²) in [6.45, 7) is 1.98. The molecule has 0 radical (unpaired) electrons. The van der Waals surface area contributed by atoms with E-state index in [0.29, 0.717) is 22.3 Å². The number of hydrogen-bond donors (Lipinski definition) is 2. The van der Waals surface area contributed by atoms with Gasteiger partial charge in [0, 0.05) is 11.1 Å². The lowest BCUT2D eigenvalue weighted by atomic mass is 9.90. The van der Waals surface area contributed by atoms with Gasteiger partial charge in [-0.15, -0.1) is 0 Å². The number of hydrogen-bond acceptors (Lipinski definition) is 3. The summed E-state index contributed by atoms with van der Waals surface area (Å²) in [5, 5.41) is 6.54. The van der Waals surface area contributed by atoms with Crippen LogP contribution in [0.3, 0.4) is 0 Å². The van der Waals surface area contributed by atoms with E-state index in [9.17, 15) is 9.59 Å². The Morgan fingerprint density at radius 2 is 1.26 bits per heavy atom. The van der Waals surface area contributed by atoms with Crippen LogP contribution in [0.2, 0.25) is 0 Å². The Hall–Kier alpha value is -4.64. The molecule has 0 saturated heterocycles. The predicted octanol–water partition coefficient (Wildman–Crippen LogP) is 6.76. The van der Waals surface area contributed by atoms with Gasteiger partial charge in [0.1, 0.15) is 11.3 Å². The number of nitrogens with one attached hydrogen (secondary N) is 2. The van der Waals surface area contributed by atoms with E-state index in [1.165, 1.54) is 0 Å². The lowest BCUT2D eigenvalue weighted by Gasteiger charge is -2.18. The third kappa shape index (κ3) is 4.70. The zero-order chi connectivity index (χ0) is 24.2. The molecule has 0 bridgehead atoms. The first kappa shape index (κ1) is 22.2. The largest absolute Gasteiger partial charge is 0.449 e. The fourth-order valence-electron chi connectivity index (χ4n) is 4.14. The van der Waals surface area contributed by atoms with Crippen LogP contribution in [0.25, 0.3) is 11.0 Å². The van der Waals surface area contributed by atoms with Crippen LogP contribution < -0.4 is 10.6 Å². The zero-order valence-corrected chi connectivity index (χ0v) is 19.2. The molecule has 0 aliphatic heterocycles. The topological polar surface area (TPSA) is 71.3 Å². The van der Waals surface area contributed by atoms with E-state index in [1.807, 2.05) is 110 Å². The number of carbonyl (C=O) groups is 2. The Labute approximate surface area is 203 Å². The molecule has 35 heavy (non-hydrogen) atoms. The van der Waals surface area contributed by atoms with Gasteiger partial charge in [-0.25, -0.2) is 0 Å². The highest BCUT2D eigenvalue weighted by molar-refractivity contribution is 6.15. The Morgan fingerprint density at radius 1 is 0.686 bits per heavy atom. The zero-order valence-electron chi connectivity index (χ0n) is 19.2. The monoisotopic (exact) mass is 460 g/mol. The van der Waals surface area contributed by atoms with Crippen LogP contribution in [0, 0.1) is 6.92 Å². The van der Waals surface area contributed by atoms with E-state index in [0.717, 1.165) is 16.7 Å². The Kier molecular flexibility index (Phi) is 6.14. The van der Waals surface area contributed by atoms with Crippen LogP contribution in [0.4, 0.5) is 11.4 Å². The van der Waals surface area contributed by atoms with Crippen LogP contribution in [-0.2, 0) is 4.79 Å². The van der Waals surface area contributed by atoms with E-state index in [2.05, 4.69) is 10.6 Å². The number of benzene rings is 4. The maximum atomic E-state index is 13.7. The Balaban J connectivity index is 1.53. The molecule has 0 fully saturated rings. The number of fused-ring (bicyclic) bond motifs is 1.